The number of benzene rings is 1. The molecule has 2 atom stereocenters. The Kier molecular flexibility index (Phi) is 4.93. The quantitative estimate of drug-likeness (QED) is 0.846. The minimum absolute atomic E-state index is 0.00770. The summed E-state index contributed by atoms with van der Waals surface area (Å²) in [6.07, 6.45) is 1.80. The smallest absolute Gasteiger partial charge is 0.226 e. The average Bonchev–Trinajstić information content (AvgIpc) is 2.93. The lowest BCUT2D eigenvalue weighted by atomic mass is 9.98. The van der Waals surface area contributed by atoms with E-state index in [0.29, 0.717) is 19.7 Å². The van der Waals surface area contributed by atoms with E-state index in [1.165, 1.54) is 0 Å². The Balaban J connectivity index is 1.85. The van der Waals surface area contributed by atoms with E-state index >= 15 is 0 Å². The molecule has 1 aromatic rings. The molecular weight excluding hydrogens is 240 g/mol. The first-order valence-electron chi connectivity index (χ1n) is 6.91. The molecule has 0 radical (unpaired) electrons. The molecule has 4 heteroatoms. The molecule has 1 saturated heterocycles. The van der Waals surface area contributed by atoms with Crippen molar-refractivity contribution < 1.29 is 9.53 Å². The van der Waals surface area contributed by atoms with Gasteiger partial charge in [-0.2, -0.15) is 0 Å². The molecule has 2 unspecified atom stereocenters. The average molecular weight is 262 g/mol. The second kappa shape index (κ2) is 6.68. The van der Waals surface area contributed by atoms with Gasteiger partial charge in [0.2, 0.25) is 5.91 Å². The molecule has 4 nitrogen and oxygen atoms in total. The van der Waals surface area contributed by atoms with E-state index in [2.05, 4.69) is 12.2 Å². The minimum atomic E-state index is 0.00770. The van der Waals surface area contributed by atoms with Gasteiger partial charge < -0.3 is 15.8 Å². The van der Waals surface area contributed by atoms with Gasteiger partial charge in [0, 0.05) is 19.7 Å². The van der Waals surface area contributed by atoms with E-state index in [-0.39, 0.29) is 17.9 Å². The van der Waals surface area contributed by atoms with Crippen molar-refractivity contribution in [1.82, 2.24) is 5.32 Å². The lowest BCUT2D eigenvalue weighted by Gasteiger charge is -2.16. The summed E-state index contributed by atoms with van der Waals surface area (Å²) in [6, 6.07) is 8.00. The van der Waals surface area contributed by atoms with Gasteiger partial charge in [-0.15, -0.1) is 0 Å². The summed E-state index contributed by atoms with van der Waals surface area (Å²) in [6.45, 7) is 3.87. The second-order valence-corrected chi connectivity index (χ2v) is 4.95. The highest BCUT2D eigenvalue weighted by Gasteiger charge is 2.32. The van der Waals surface area contributed by atoms with Crippen LogP contribution in [0, 0.1) is 5.92 Å². The second-order valence-electron chi connectivity index (χ2n) is 4.95. The Morgan fingerprint density at radius 2 is 2.05 bits per heavy atom. The first-order valence-corrected chi connectivity index (χ1v) is 6.91. The molecule has 1 aliphatic heterocycles. The fraction of sp³-hybridized carbons (Fsp3) is 0.533. The highest BCUT2D eigenvalue weighted by Crippen LogP contribution is 2.23. The zero-order valence-corrected chi connectivity index (χ0v) is 11.4. The predicted octanol–water partition coefficient (Wildman–Crippen LogP) is 1.58. The topological polar surface area (TPSA) is 64.3 Å². The maximum atomic E-state index is 12.1. The molecule has 1 aromatic carbocycles. The maximum absolute atomic E-state index is 12.1. The van der Waals surface area contributed by atoms with Crippen LogP contribution in [-0.2, 0) is 22.6 Å². The minimum Gasteiger partial charge on any atom is -0.377 e. The summed E-state index contributed by atoms with van der Waals surface area (Å²) in [7, 11) is 0. The van der Waals surface area contributed by atoms with Crippen LogP contribution >= 0.6 is 0 Å². The van der Waals surface area contributed by atoms with Gasteiger partial charge in [-0.1, -0.05) is 31.2 Å². The molecule has 0 aliphatic carbocycles. The molecule has 0 aromatic heterocycles. The van der Waals surface area contributed by atoms with Crippen molar-refractivity contribution in [3.05, 3.63) is 35.4 Å². The lowest BCUT2D eigenvalue weighted by Crippen LogP contribution is -2.34. The fourth-order valence-corrected chi connectivity index (χ4v) is 2.46. The van der Waals surface area contributed by atoms with E-state index in [1.54, 1.807) is 0 Å². The predicted molar refractivity (Wildman–Crippen MR) is 74.3 cm³/mol. The molecule has 104 valence electrons. The van der Waals surface area contributed by atoms with Crippen LogP contribution in [0.3, 0.4) is 0 Å². The molecule has 1 heterocycles. The van der Waals surface area contributed by atoms with E-state index < -0.39 is 0 Å². The number of carbonyl (C=O) groups is 1. The fourth-order valence-electron chi connectivity index (χ4n) is 2.46. The highest BCUT2D eigenvalue weighted by molar-refractivity contribution is 5.79. The number of hydrogen-bond acceptors (Lipinski definition) is 3. The van der Waals surface area contributed by atoms with Crippen LogP contribution in [0.25, 0.3) is 0 Å². The van der Waals surface area contributed by atoms with Crippen molar-refractivity contribution in [2.24, 2.45) is 11.7 Å². The summed E-state index contributed by atoms with van der Waals surface area (Å²) >= 11 is 0. The van der Waals surface area contributed by atoms with Gasteiger partial charge in [-0.05, 0) is 24.0 Å². The van der Waals surface area contributed by atoms with Gasteiger partial charge in [0.05, 0.1) is 12.0 Å². The number of ether oxygens (including phenoxy) is 1. The number of nitrogens with two attached hydrogens (primary N) is 1. The van der Waals surface area contributed by atoms with Gasteiger partial charge in [-0.3, -0.25) is 4.79 Å². The number of hydrogen-bond donors (Lipinski definition) is 2. The van der Waals surface area contributed by atoms with Crippen LogP contribution in [0.15, 0.2) is 24.3 Å². The molecule has 3 N–H and O–H groups in total. The zero-order chi connectivity index (χ0) is 13.7. The van der Waals surface area contributed by atoms with Crippen LogP contribution in [0.4, 0.5) is 0 Å². The van der Waals surface area contributed by atoms with Crippen LogP contribution in [0.2, 0.25) is 0 Å². The summed E-state index contributed by atoms with van der Waals surface area (Å²) in [5.74, 6) is 0.112. The Bertz CT molecular complexity index is 417. The van der Waals surface area contributed by atoms with Crippen molar-refractivity contribution in [3.63, 3.8) is 0 Å². The zero-order valence-electron chi connectivity index (χ0n) is 11.4. The molecule has 0 bridgehead atoms. The Morgan fingerprint density at radius 3 is 2.68 bits per heavy atom. The number of carbonyl (C=O) groups excluding carboxylic acids is 1. The van der Waals surface area contributed by atoms with E-state index in [1.807, 2.05) is 24.3 Å². The SMILES string of the molecule is CCC1OCCC1C(=O)NCc1ccc(CN)cc1. The van der Waals surface area contributed by atoms with Crippen molar-refractivity contribution in [3.8, 4) is 0 Å². The maximum Gasteiger partial charge on any atom is 0.226 e. The van der Waals surface area contributed by atoms with E-state index in [0.717, 1.165) is 24.0 Å². The normalized spacial score (nSPS) is 22.4. The first-order chi connectivity index (χ1) is 9.24. The molecule has 1 amide bonds. The highest BCUT2D eigenvalue weighted by atomic mass is 16.5. The Labute approximate surface area is 114 Å². The standard InChI is InChI=1S/C15H22N2O2/c1-2-14-13(7-8-19-14)15(18)17-10-12-5-3-11(9-16)4-6-12/h3-6,13-14H,2,7-10,16H2,1H3,(H,17,18). The summed E-state index contributed by atoms with van der Waals surface area (Å²) < 4.78 is 5.54. The Morgan fingerprint density at radius 1 is 1.37 bits per heavy atom. The van der Waals surface area contributed by atoms with E-state index in [4.69, 9.17) is 10.5 Å². The molecule has 1 fully saturated rings. The number of rotatable bonds is 5. The van der Waals surface area contributed by atoms with Crippen molar-refractivity contribution in [2.75, 3.05) is 6.61 Å². The summed E-state index contributed by atoms with van der Waals surface area (Å²) in [5, 5.41) is 2.99. The number of nitrogens with one attached hydrogen (secondary N) is 1. The van der Waals surface area contributed by atoms with E-state index in [9.17, 15) is 4.79 Å². The third kappa shape index (κ3) is 3.55. The molecule has 19 heavy (non-hydrogen) atoms. The third-order valence-electron chi connectivity index (χ3n) is 3.67. The van der Waals surface area contributed by atoms with Gasteiger partial charge >= 0.3 is 0 Å². The van der Waals surface area contributed by atoms with Crippen molar-refractivity contribution >= 4 is 5.91 Å². The largest absolute Gasteiger partial charge is 0.377 e. The summed E-state index contributed by atoms with van der Waals surface area (Å²) in [5.41, 5.74) is 7.75. The number of amides is 1. The van der Waals surface area contributed by atoms with Crippen molar-refractivity contribution in [1.29, 1.82) is 0 Å². The molecule has 2 rings (SSSR count). The van der Waals surface area contributed by atoms with Gasteiger partial charge in [0.15, 0.2) is 0 Å². The van der Waals surface area contributed by atoms with Crippen LogP contribution in [0.1, 0.15) is 30.9 Å². The Hall–Kier alpha value is -1.39. The monoisotopic (exact) mass is 262 g/mol. The molecule has 1 aliphatic rings. The molecular formula is C15H22N2O2. The van der Waals surface area contributed by atoms with Gasteiger partial charge in [0.25, 0.3) is 0 Å². The summed E-state index contributed by atoms with van der Waals surface area (Å²) in [4.78, 5) is 12.1. The van der Waals surface area contributed by atoms with Crippen LogP contribution in [-0.4, -0.2) is 18.6 Å². The lowest BCUT2D eigenvalue weighted by molar-refractivity contribution is -0.126. The third-order valence-corrected chi connectivity index (χ3v) is 3.67. The molecule has 0 saturated carbocycles. The van der Waals surface area contributed by atoms with Gasteiger partial charge in [0.1, 0.15) is 0 Å². The molecule has 0 spiro atoms. The van der Waals surface area contributed by atoms with Gasteiger partial charge in [-0.25, -0.2) is 0 Å². The van der Waals surface area contributed by atoms with Crippen LogP contribution < -0.4 is 11.1 Å². The first kappa shape index (κ1) is 14.0. The van der Waals surface area contributed by atoms with Crippen LogP contribution in [0.5, 0.6) is 0 Å². The van der Waals surface area contributed by atoms with Crippen molar-refractivity contribution in [2.45, 2.75) is 39.0 Å².